The number of rotatable bonds is 9. The van der Waals surface area contributed by atoms with Gasteiger partial charge in [0.05, 0.1) is 15.6 Å². The molecule has 1 aliphatic rings. The van der Waals surface area contributed by atoms with Crippen molar-refractivity contribution < 1.29 is 19.2 Å². The summed E-state index contributed by atoms with van der Waals surface area (Å²) in [6.45, 7) is 0.295. The van der Waals surface area contributed by atoms with Gasteiger partial charge < -0.3 is 14.4 Å². The Morgan fingerprint density at radius 1 is 0.971 bits per heavy atom. The first-order valence-electron chi connectivity index (χ1n) is 11.5. The highest BCUT2D eigenvalue weighted by Crippen LogP contribution is 2.46. The highest BCUT2D eigenvalue weighted by Gasteiger charge is 2.33. The Bertz CT molecular complexity index is 1320. The Morgan fingerprint density at radius 3 is 2.20 bits per heavy atom. The second kappa shape index (κ2) is 10.1. The molecule has 35 heavy (non-hydrogen) atoms. The van der Waals surface area contributed by atoms with Crippen LogP contribution in [0.4, 0.5) is 0 Å². The molecule has 3 aromatic carbocycles. The van der Waals surface area contributed by atoms with E-state index in [4.69, 9.17) is 37.6 Å². The van der Waals surface area contributed by atoms with Crippen LogP contribution in [0.2, 0.25) is 10.0 Å². The zero-order chi connectivity index (χ0) is 24.4. The summed E-state index contributed by atoms with van der Waals surface area (Å²) in [5.74, 6) is 1.14. The van der Waals surface area contributed by atoms with Gasteiger partial charge in [0.2, 0.25) is 0 Å². The number of carbonyl (C=O) groups is 1. The summed E-state index contributed by atoms with van der Waals surface area (Å²) in [5, 5.41) is 14.2. The molecule has 1 heterocycles. The molecule has 0 aliphatic heterocycles. The lowest BCUT2D eigenvalue weighted by molar-refractivity contribution is -0.136. The minimum atomic E-state index is -0.790. The number of aliphatic carboxylic acids is 1. The molecule has 7 heteroatoms. The number of halogens is 2. The standard InChI is InChI=1S/C28H23Cl2NO4/c29-23-2-1-3-24(30)26(23)27-22(28(35-31-27)20-9-10-20)16-34-21-13-11-19(12-14-21)18-7-4-17(5-8-18)6-15-25(32)33/h1-5,7-8,11-14,20H,6,9-10,15-16H2,(H,32,33). The van der Waals surface area contributed by atoms with Crippen LogP contribution in [-0.4, -0.2) is 16.2 Å². The Kier molecular flexibility index (Phi) is 6.80. The molecule has 1 aliphatic carbocycles. The first kappa shape index (κ1) is 23.5. The van der Waals surface area contributed by atoms with Crippen LogP contribution >= 0.6 is 23.2 Å². The first-order valence-corrected chi connectivity index (χ1v) is 12.2. The summed E-state index contributed by atoms with van der Waals surface area (Å²) in [6.07, 6.45) is 2.79. The molecule has 1 saturated carbocycles. The molecule has 0 saturated heterocycles. The van der Waals surface area contributed by atoms with Gasteiger partial charge in [-0.25, -0.2) is 0 Å². The lowest BCUT2D eigenvalue weighted by atomic mass is 10.0. The SMILES string of the molecule is O=C(O)CCc1ccc(-c2ccc(OCc3c(-c4c(Cl)cccc4Cl)noc3C3CC3)cc2)cc1. The van der Waals surface area contributed by atoms with Gasteiger partial charge in [-0.2, -0.15) is 0 Å². The lowest BCUT2D eigenvalue weighted by Crippen LogP contribution is -2.00. The third-order valence-corrected chi connectivity index (χ3v) is 6.75. The number of hydrogen-bond acceptors (Lipinski definition) is 4. The third kappa shape index (κ3) is 5.37. The van der Waals surface area contributed by atoms with E-state index in [1.54, 1.807) is 18.2 Å². The number of ether oxygens (including phenoxy) is 1. The molecule has 1 N–H and O–H groups in total. The summed E-state index contributed by atoms with van der Waals surface area (Å²) in [4.78, 5) is 10.8. The average molecular weight is 508 g/mol. The van der Waals surface area contributed by atoms with Gasteiger partial charge >= 0.3 is 5.97 Å². The second-order valence-corrected chi connectivity index (χ2v) is 9.46. The summed E-state index contributed by atoms with van der Waals surface area (Å²) in [5.41, 5.74) is 5.28. The largest absolute Gasteiger partial charge is 0.489 e. The van der Waals surface area contributed by atoms with Gasteiger partial charge in [-0.05, 0) is 60.2 Å². The van der Waals surface area contributed by atoms with Gasteiger partial charge in [0.25, 0.3) is 0 Å². The maximum absolute atomic E-state index is 10.8. The molecule has 0 bridgehead atoms. The highest BCUT2D eigenvalue weighted by atomic mass is 35.5. The number of carboxylic acids is 1. The van der Waals surface area contributed by atoms with Gasteiger partial charge in [0.15, 0.2) is 0 Å². The number of carboxylic acid groups (broad SMARTS) is 1. The Balaban J connectivity index is 1.32. The summed E-state index contributed by atoms with van der Waals surface area (Å²) >= 11 is 12.9. The van der Waals surface area contributed by atoms with Crippen molar-refractivity contribution in [2.45, 2.75) is 38.2 Å². The van der Waals surface area contributed by atoms with Crippen LogP contribution in [0.5, 0.6) is 5.75 Å². The van der Waals surface area contributed by atoms with Crippen LogP contribution in [0.3, 0.4) is 0 Å². The Hall–Kier alpha value is -3.28. The van der Waals surface area contributed by atoms with Gasteiger partial charge in [-0.1, -0.05) is 70.8 Å². The topological polar surface area (TPSA) is 72.6 Å². The normalized spacial score (nSPS) is 13.1. The molecule has 1 fully saturated rings. The Morgan fingerprint density at radius 2 is 1.60 bits per heavy atom. The predicted octanol–water partition coefficient (Wildman–Crippen LogP) is 7.79. The molecule has 178 valence electrons. The molecular formula is C28H23Cl2NO4. The fourth-order valence-corrected chi connectivity index (χ4v) is 4.64. The molecule has 5 rings (SSSR count). The molecule has 0 unspecified atom stereocenters. The molecule has 0 amide bonds. The molecule has 5 nitrogen and oxygen atoms in total. The van der Waals surface area contributed by atoms with E-state index >= 15 is 0 Å². The van der Waals surface area contributed by atoms with Crippen LogP contribution in [0.15, 0.2) is 71.3 Å². The highest BCUT2D eigenvalue weighted by molar-refractivity contribution is 6.39. The molecular weight excluding hydrogens is 485 g/mol. The maximum atomic E-state index is 10.8. The van der Waals surface area contributed by atoms with Crippen LogP contribution in [-0.2, 0) is 17.8 Å². The monoisotopic (exact) mass is 507 g/mol. The molecule has 0 spiro atoms. The van der Waals surface area contributed by atoms with Crippen LogP contribution in [0.1, 0.15) is 42.1 Å². The van der Waals surface area contributed by atoms with Crippen LogP contribution in [0.25, 0.3) is 22.4 Å². The predicted molar refractivity (Wildman–Crippen MR) is 136 cm³/mol. The van der Waals surface area contributed by atoms with E-state index in [9.17, 15) is 4.79 Å². The number of aryl methyl sites for hydroxylation is 1. The number of hydrogen-bond donors (Lipinski definition) is 1. The van der Waals surface area contributed by atoms with E-state index < -0.39 is 5.97 Å². The van der Waals surface area contributed by atoms with Crippen molar-refractivity contribution in [2.75, 3.05) is 0 Å². The van der Waals surface area contributed by atoms with Gasteiger partial charge in [0.1, 0.15) is 23.8 Å². The molecule has 0 radical (unpaired) electrons. The van der Waals surface area contributed by atoms with Crippen molar-refractivity contribution in [1.29, 1.82) is 0 Å². The zero-order valence-electron chi connectivity index (χ0n) is 18.8. The molecule has 1 aromatic heterocycles. The van der Waals surface area contributed by atoms with Crippen LogP contribution < -0.4 is 4.74 Å². The van der Waals surface area contributed by atoms with E-state index in [0.717, 1.165) is 46.6 Å². The van der Waals surface area contributed by atoms with Crippen molar-refractivity contribution in [3.05, 3.63) is 93.7 Å². The lowest BCUT2D eigenvalue weighted by Gasteiger charge is -2.10. The average Bonchev–Trinajstić information content (AvgIpc) is 3.62. The van der Waals surface area contributed by atoms with Crippen molar-refractivity contribution in [1.82, 2.24) is 5.16 Å². The van der Waals surface area contributed by atoms with Crippen molar-refractivity contribution >= 4 is 29.2 Å². The summed E-state index contributed by atoms with van der Waals surface area (Å²) in [6, 6.07) is 21.2. The van der Waals surface area contributed by atoms with Gasteiger partial charge in [-0.15, -0.1) is 0 Å². The Labute approximate surface area is 213 Å². The van der Waals surface area contributed by atoms with Crippen LogP contribution in [0, 0.1) is 0 Å². The van der Waals surface area contributed by atoms with Crippen molar-refractivity contribution in [2.24, 2.45) is 0 Å². The van der Waals surface area contributed by atoms with E-state index in [0.29, 0.717) is 40.2 Å². The number of aromatic nitrogens is 1. The van der Waals surface area contributed by atoms with Crippen molar-refractivity contribution in [3.63, 3.8) is 0 Å². The minimum absolute atomic E-state index is 0.129. The van der Waals surface area contributed by atoms with E-state index in [-0.39, 0.29) is 6.42 Å². The third-order valence-electron chi connectivity index (χ3n) is 6.12. The smallest absolute Gasteiger partial charge is 0.303 e. The summed E-state index contributed by atoms with van der Waals surface area (Å²) in [7, 11) is 0. The number of nitrogens with zero attached hydrogens (tertiary/aromatic N) is 1. The zero-order valence-corrected chi connectivity index (χ0v) is 20.4. The fraction of sp³-hybridized carbons (Fsp3) is 0.214. The van der Waals surface area contributed by atoms with Gasteiger partial charge in [0, 0.05) is 17.9 Å². The maximum Gasteiger partial charge on any atom is 0.303 e. The summed E-state index contributed by atoms with van der Waals surface area (Å²) < 4.78 is 11.8. The van der Waals surface area contributed by atoms with E-state index in [2.05, 4.69) is 5.16 Å². The fourth-order valence-electron chi connectivity index (χ4n) is 4.06. The van der Waals surface area contributed by atoms with Crippen molar-refractivity contribution in [3.8, 4) is 28.1 Å². The van der Waals surface area contributed by atoms with Gasteiger partial charge in [-0.3, -0.25) is 4.79 Å². The van der Waals surface area contributed by atoms with E-state index in [1.807, 2.05) is 48.5 Å². The molecule has 0 atom stereocenters. The second-order valence-electron chi connectivity index (χ2n) is 8.65. The molecule has 4 aromatic rings. The number of benzene rings is 3. The minimum Gasteiger partial charge on any atom is -0.489 e. The quantitative estimate of drug-likeness (QED) is 0.250. The first-order chi connectivity index (χ1) is 17.0. The van der Waals surface area contributed by atoms with E-state index in [1.165, 1.54) is 0 Å².